The second-order valence-corrected chi connectivity index (χ2v) is 23.3. The van der Waals surface area contributed by atoms with E-state index in [9.17, 15) is 14.7 Å². The summed E-state index contributed by atoms with van der Waals surface area (Å²) in [6.45, 7) is 17.4. The van der Waals surface area contributed by atoms with Crippen molar-refractivity contribution >= 4 is 28.9 Å². The molecule has 2 fully saturated rings. The van der Waals surface area contributed by atoms with Crippen LogP contribution in [0.2, 0.25) is 22.2 Å². The highest BCUT2D eigenvalue weighted by Gasteiger charge is 2.66. The van der Waals surface area contributed by atoms with Gasteiger partial charge in [-0.1, -0.05) is 67.5 Å². The summed E-state index contributed by atoms with van der Waals surface area (Å²) >= 11 is 1.60. The monoisotopic (exact) mass is 666 g/mol. The molecule has 4 rings (SSSR count). The van der Waals surface area contributed by atoms with Gasteiger partial charge in [0.05, 0.1) is 24.6 Å². The number of aliphatic hydroxyl groups is 1. The van der Waals surface area contributed by atoms with Crippen molar-refractivity contribution in [2.45, 2.75) is 113 Å². The zero-order valence-corrected chi connectivity index (χ0v) is 30.3. The van der Waals surface area contributed by atoms with Crippen LogP contribution < -0.4 is 16.0 Å². The summed E-state index contributed by atoms with van der Waals surface area (Å²) in [5.41, 5.74) is 0.480. The van der Waals surface area contributed by atoms with E-state index in [1.54, 1.807) is 18.9 Å². The van der Waals surface area contributed by atoms with Crippen molar-refractivity contribution in [1.82, 2.24) is 9.55 Å². The molecule has 13 heteroatoms. The molecule has 0 amide bonds. The first-order chi connectivity index (χ1) is 20.8. The van der Waals surface area contributed by atoms with Crippen LogP contribution in [0.5, 0.6) is 5.75 Å². The zero-order valence-electron chi connectivity index (χ0n) is 27.5. The van der Waals surface area contributed by atoms with E-state index in [-0.39, 0.29) is 41.8 Å². The third-order valence-electron chi connectivity index (χ3n) is 9.14. The number of ether oxygens (including phenoxy) is 2. The summed E-state index contributed by atoms with van der Waals surface area (Å²) in [6.07, 6.45) is -0.197. The maximum Gasteiger partial charge on any atom is 0.335 e. The minimum atomic E-state index is -3.06. The molecule has 2 N–H and O–H groups in total. The number of aromatic amines is 1. The number of fused-ring (bicyclic) bond motifs is 1. The molecule has 2 aliphatic rings. The molecule has 10 nitrogen and oxygen atoms in total. The van der Waals surface area contributed by atoms with Crippen LogP contribution in [-0.4, -0.2) is 69.1 Å². The molecule has 0 bridgehead atoms. The normalized spacial score (nSPS) is 26.6. The van der Waals surface area contributed by atoms with Gasteiger partial charge in [-0.2, -0.15) is 0 Å². The summed E-state index contributed by atoms with van der Waals surface area (Å²) in [5.74, 6) is 1.32. The van der Waals surface area contributed by atoms with Gasteiger partial charge in [0.15, 0.2) is 6.23 Å². The summed E-state index contributed by atoms with van der Waals surface area (Å²) in [6, 6.07) is 9.16. The average molecular weight is 667 g/mol. The molecule has 2 saturated heterocycles. The highest BCUT2D eigenvalue weighted by molar-refractivity contribution is 8.00. The molecule has 0 aliphatic carbocycles. The molecule has 3 heterocycles. The Morgan fingerprint density at radius 2 is 1.61 bits per heavy atom. The number of methoxy groups -OCH3 is 1. The third-order valence-corrected chi connectivity index (χ3v) is 21.0. The van der Waals surface area contributed by atoms with Gasteiger partial charge in [0.25, 0.3) is 5.56 Å². The Labute approximate surface area is 267 Å². The molecule has 0 spiro atoms. The summed E-state index contributed by atoms with van der Waals surface area (Å²) in [4.78, 5) is 27.7. The molecule has 0 unspecified atom stereocenters. The van der Waals surface area contributed by atoms with E-state index in [1.807, 2.05) is 24.3 Å². The van der Waals surface area contributed by atoms with Crippen molar-refractivity contribution in [2.75, 3.05) is 20.3 Å². The van der Waals surface area contributed by atoms with Crippen LogP contribution in [0.15, 0.2) is 46.1 Å². The lowest BCUT2D eigenvalue weighted by Gasteiger charge is -2.52. The van der Waals surface area contributed by atoms with E-state index >= 15 is 0 Å². The Hall–Kier alpha value is -1.72. The average Bonchev–Trinajstić information content (AvgIpc) is 3.23. The number of aromatic nitrogens is 2. The molecule has 4 atom stereocenters. The van der Waals surface area contributed by atoms with Crippen LogP contribution in [0.3, 0.4) is 0 Å². The van der Waals surface area contributed by atoms with Crippen LogP contribution in [0, 0.1) is 0 Å². The fourth-order valence-corrected chi connectivity index (χ4v) is 19.6. The predicted octanol–water partition coefficient (Wildman–Crippen LogP) is 5.45. The number of nitrogens with one attached hydrogen (secondary N) is 1. The molecule has 0 radical (unpaired) electrons. The van der Waals surface area contributed by atoms with Crippen LogP contribution in [0.25, 0.3) is 0 Å². The van der Waals surface area contributed by atoms with Crippen LogP contribution in [-0.2, 0) is 23.5 Å². The quantitative estimate of drug-likeness (QED) is 0.302. The number of hydrogen-bond donors (Lipinski definition) is 2. The molecular weight excluding hydrogens is 617 g/mol. The SMILES string of the molecule is COc1ccc(CS[C@]2(CCO)[C@@H]3O[Si](C(C)C)(C(C)C)O[Si](C(C)C)(C(C)C)OC[C@H]3O[C@H]2n2ccc(=O)[nH]c2=O)cc1. The molecule has 44 heavy (non-hydrogen) atoms. The summed E-state index contributed by atoms with van der Waals surface area (Å²) in [5, 5.41) is 10.6. The van der Waals surface area contributed by atoms with Crippen molar-refractivity contribution in [3.8, 4) is 5.75 Å². The topological polar surface area (TPSA) is 121 Å². The molecule has 1 aromatic carbocycles. The van der Waals surface area contributed by atoms with E-state index in [4.69, 9.17) is 22.4 Å². The minimum absolute atomic E-state index is 0.0856. The fourth-order valence-electron chi connectivity index (χ4n) is 6.75. The molecule has 2 aromatic rings. The third kappa shape index (κ3) is 6.44. The number of hydrogen-bond acceptors (Lipinski definition) is 9. The highest BCUT2D eigenvalue weighted by Crippen LogP contribution is 2.56. The first-order valence-corrected chi connectivity index (χ1v) is 20.6. The lowest BCUT2D eigenvalue weighted by Crippen LogP contribution is -2.67. The smallest absolute Gasteiger partial charge is 0.335 e. The Morgan fingerprint density at radius 1 is 1.00 bits per heavy atom. The predicted molar refractivity (Wildman–Crippen MR) is 178 cm³/mol. The molecule has 1 aromatic heterocycles. The number of benzene rings is 1. The first-order valence-electron chi connectivity index (χ1n) is 15.6. The van der Waals surface area contributed by atoms with E-state index in [0.717, 1.165) is 11.3 Å². The molecule has 246 valence electrons. The van der Waals surface area contributed by atoms with E-state index < -0.39 is 51.6 Å². The van der Waals surface area contributed by atoms with Gasteiger partial charge in [-0.15, -0.1) is 11.8 Å². The van der Waals surface area contributed by atoms with Gasteiger partial charge in [-0.25, -0.2) is 4.79 Å². The van der Waals surface area contributed by atoms with Crippen molar-refractivity contribution in [2.24, 2.45) is 0 Å². The largest absolute Gasteiger partial charge is 0.497 e. The van der Waals surface area contributed by atoms with Crippen molar-refractivity contribution < 1.29 is 27.5 Å². The molecule has 2 aliphatic heterocycles. The molecule has 0 saturated carbocycles. The Balaban J connectivity index is 1.91. The molecular formula is C31H50N2O8SSi2. The van der Waals surface area contributed by atoms with Gasteiger partial charge in [-0.05, 0) is 46.3 Å². The Morgan fingerprint density at radius 3 is 2.14 bits per heavy atom. The van der Waals surface area contributed by atoms with Gasteiger partial charge < -0.3 is 27.5 Å². The van der Waals surface area contributed by atoms with E-state index in [1.165, 1.54) is 16.8 Å². The van der Waals surface area contributed by atoms with Gasteiger partial charge in [-0.3, -0.25) is 14.3 Å². The number of H-pyrrole nitrogens is 1. The lowest BCUT2D eigenvalue weighted by molar-refractivity contribution is -0.0571. The number of rotatable bonds is 11. The van der Waals surface area contributed by atoms with Crippen molar-refractivity contribution in [3.05, 3.63) is 62.9 Å². The number of thioether (sulfide) groups is 1. The van der Waals surface area contributed by atoms with Crippen molar-refractivity contribution in [1.29, 1.82) is 0 Å². The summed E-state index contributed by atoms with van der Waals surface area (Å²) in [7, 11) is -4.26. The van der Waals surface area contributed by atoms with E-state index in [0.29, 0.717) is 5.75 Å². The summed E-state index contributed by atoms with van der Waals surface area (Å²) < 4.78 is 34.6. The van der Waals surface area contributed by atoms with Crippen molar-refractivity contribution in [3.63, 3.8) is 0 Å². The van der Waals surface area contributed by atoms with E-state index in [2.05, 4.69) is 60.4 Å². The van der Waals surface area contributed by atoms with Gasteiger partial charge in [0, 0.05) is 24.6 Å². The minimum Gasteiger partial charge on any atom is -0.497 e. The number of aliphatic hydroxyl groups excluding tert-OH is 1. The van der Waals surface area contributed by atoms with Crippen LogP contribution >= 0.6 is 11.8 Å². The second kappa shape index (κ2) is 14.0. The zero-order chi connectivity index (χ0) is 32.4. The maximum absolute atomic E-state index is 13.3. The van der Waals surface area contributed by atoms with Gasteiger partial charge >= 0.3 is 22.8 Å². The van der Waals surface area contributed by atoms with Crippen LogP contribution in [0.1, 0.15) is 73.6 Å². The Kier molecular flexibility index (Phi) is 11.1. The number of nitrogens with zero attached hydrogens (tertiary/aromatic N) is 1. The van der Waals surface area contributed by atoms with Crippen LogP contribution in [0.4, 0.5) is 0 Å². The highest BCUT2D eigenvalue weighted by atomic mass is 32.2. The fraction of sp³-hybridized carbons (Fsp3) is 0.677. The second-order valence-electron chi connectivity index (χ2n) is 13.1. The van der Waals surface area contributed by atoms with Gasteiger partial charge in [0.1, 0.15) is 11.9 Å². The first kappa shape index (κ1) is 35.1. The van der Waals surface area contributed by atoms with Gasteiger partial charge in [0.2, 0.25) is 0 Å². The Bertz CT molecular complexity index is 1350. The lowest BCUT2D eigenvalue weighted by atomic mass is 9.95. The maximum atomic E-state index is 13.3. The standard InChI is InChI=1S/C31H50N2O8SSi2/c1-20(2)43(21(3)4)38-18-26-28(40-44(41-43,22(5)6)23(7)8)31(15-17-34,42-19-24-10-12-25(37-9)13-11-24)29(39-26)33-16-14-27(35)32-30(33)36/h10-14,16,20-23,26,28-29,34H,15,17-19H2,1-9H3,(H,32,35,36)/t26-,28-,29-,31-/m1/s1.